The van der Waals surface area contributed by atoms with E-state index in [1.165, 1.54) is 32.1 Å². The Morgan fingerprint density at radius 3 is 2.95 bits per heavy atom. The molecule has 116 valence electrons. The van der Waals surface area contributed by atoms with Crippen LogP contribution in [0.15, 0.2) is 18.2 Å². The quantitative estimate of drug-likeness (QED) is 0.822. The van der Waals surface area contributed by atoms with Crippen LogP contribution in [0.2, 0.25) is 0 Å². The fraction of sp³-hybridized carbons (Fsp3) is 0.667. The molecule has 2 unspecified atom stereocenters. The van der Waals surface area contributed by atoms with Crippen LogP contribution in [0, 0.1) is 11.7 Å². The van der Waals surface area contributed by atoms with Crippen LogP contribution in [0.25, 0.3) is 0 Å². The highest BCUT2D eigenvalue weighted by molar-refractivity contribution is 5.56. The molecule has 1 aliphatic carbocycles. The molecule has 1 saturated heterocycles. The molecule has 2 fully saturated rings. The lowest BCUT2D eigenvalue weighted by Crippen LogP contribution is -2.36. The van der Waals surface area contributed by atoms with Crippen molar-refractivity contribution in [2.24, 2.45) is 5.92 Å². The van der Waals surface area contributed by atoms with Crippen molar-refractivity contribution in [3.63, 3.8) is 0 Å². The molecule has 0 amide bonds. The molecular weight excluding hydrogens is 263 g/mol. The van der Waals surface area contributed by atoms with Crippen LogP contribution in [0.4, 0.5) is 10.1 Å². The summed E-state index contributed by atoms with van der Waals surface area (Å²) in [6.07, 6.45) is 7.58. The minimum absolute atomic E-state index is 0.0444. The number of halogens is 1. The zero-order chi connectivity index (χ0) is 14.7. The summed E-state index contributed by atoms with van der Waals surface area (Å²) in [6.45, 7) is 4.94. The van der Waals surface area contributed by atoms with Gasteiger partial charge in [-0.15, -0.1) is 0 Å². The summed E-state index contributed by atoms with van der Waals surface area (Å²) < 4.78 is 14.5. The normalized spacial score (nSPS) is 25.1. The van der Waals surface area contributed by atoms with Crippen LogP contribution in [0.1, 0.15) is 51.0 Å². The molecule has 1 aliphatic heterocycles. The lowest BCUT2D eigenvalue weighted by molar-refractivity contribution is 0.341. The van der Waals surface area contributed by atoms with Gasteiger partial charge in [0, 0.05) is 19.1 Å². The van der Waals surface area contributed by atoms with Gasteiger partial charge in [0.05, 0.1) is 5.69 Å². The Hall–Kier alpha value is -1.09. The fourth-order valence-electron chi connectivity index (χ4n) is 4.11. The minimum Gasteiger partial charge on any atom is -0.366 e. The molecule has 1 aromatic rings. The third-order valence-electron chi connectivity index (χ3n) is 5.11. The molecule has 2 atom stereocenters. The second-order valence-electron chi connectivity index (χ2n) is 6.52. The van der Waals surface area contributed by atoms with Crippen LogP contribution in [0.3, 0.4) is 0 Å². The smallest absolute Gasteiger partial charge is 0.146 e. The average molecular weight is 290 g/mol. The van der Waals surface area contributed by atoms with E-state index in [4.69, 9.17) is 0 Å². The van der Waals surface area contributed by atoms with E-state index >= 15 is 0 Å². The van der Waals surface area contributed by atoms with E-state index in [1.54, 1.807) is 6.07 Å². The number of benzene rings is 1. The van der Waals surface area contributed by atoms with Crippen molar-refractivity contribution in [2.45, 2.75) is 58.0 Å². The van der Waals surface area contributed by atoms with Crippen LogP contribution < -0.4 is 10.2 Å². The lowest BCUT2D eigenvalue weighted by atomic mass is 9.85. The molecule has 1 N–H and O–H groups in total. The molecule has 21 heavy (non-hydrogen) atoms. The van der Waals surface area contributed by atoms with Crippen molar-refractivity contribution in [3.05, 3.63) is 29.6 Å². The van der Waals surface area contributed by atoms with Gasteiger partial charge >= 0.3 is 0 Å². The largest absolute Gasteiger partial charge is 0.366 e. The van der Waals surface area contributed by atoms with Gasteiger partial charge in [-0.05, 0) is 49.8 Å². The summed E-state index contributed by atoms with van der Waals surface area (Å²) in [6, 6.07) is 6.11. The number of nitrogens with zero attached hydrogens (tertiary/aromatic N) is 1. The van der Waals surface area contributed by atoms with Gasteiger partial charge in [0.25, 0.3) is 0 Å². The minimum atomic E-state index is -0.0444. The third-order valence-corrected chi connectivity index (χ3v) is 5.11. The number of para-hydroxylation sites is 1. The maximum atomic E-state index is 14.5. The molecular formula is C18H27FN2. The van der Waals surface area contributed by atoms with Gasteiger partial charge in [-0.1, -0.05) is 31.9 Å². The molecule has 0 spiro atoms. The number of nitrogens with one attached hydrogen (secondary N) is 1. The van der Waals surface area contributed by atoms with Gasteiger partial charge in [0.15, 0.2) is 0 Å². The van der Waals surface area contributed by atoms with Crippen molar-refractivity contribution in [2.75, 3.05) is 18.0 Å². The highest BCUT2D eigenvalue weighted by Crippen LogP contribution is 2.40. The van der Waals surface area contributed by atoms with Gasteiger partial charge in [0.1, 0.15) is 5.82 Å². The van der Waals surface area contributed by atoms with Crippen LogP contribution in [0.5, 0.6) is 0 Å². The van der Waals surface area contributed by atoms with Crippen molar-refractivity contribution in [3.8, 4) is 0 Å². The second-order valence-corrected chi connectivity index (χ2v) is 6.52. The predicted octanol–water partition coefficient (Wildman–Crippen LogP) is 4.09. The lowest BCUT2D eigenvalue weighted by Gasteiger charge is -2.34. The number of hydrogen-bond acceptors (Lipinski definition) is 2. The molecule has 3 heteroatoms. The molecule has 1 heterocycles. The Balaban J connectivity index is 1.83. The van der Waals surface area contributed by atoms with E-state index in [2.05, 4.69) is 23.2 Å². The Bertz CT molecular complexity index is 474. The van der Waals surface area contributed by atoms with Crippen molar-refractivity contribution < 1.29 is 4.39 Å². The number of rotatable bonds is 5. The number of hydrogen-bond donors (Lipinski definition) is 1. The first kappa shape index (κ1) is 14.8. The maximum Gasteiger partial charge on any atom is 0.146 e. The molecule has 0 bridgehead atoms. The first-order valence-corrected chi connectivity index (χ1v) is 8.56. The fourth-order valence-corrected chi connectivity index (χ4v) is 4.11. The first-order valence-electron chi connectivity index (χ1n) is 8.56. The van der Waals surface area contributed by atoms with Crippen molar-refractivity contribution in [1.82, 2.24) is 5.32 Å². The Morgan fingerprint density at radius 2 is 2.10 bits per heavy atom. The summed E-state index contributed by atoms with van der Waals surface area (Å²) in [4.78, 5) is 2.38. The zero-order valence-corrected chi connectivity index (χ0v) is 13.1. The van der Waals surface area contributed by atoms with Gasteiger partial charge in [-0.2, -0.15) is 0 Å². The Morgan fingerprint density at radius 1 is 1.24 bits per heavy atom. The second kappa shape index (κ2) is 6.78. The van der Waals surface area contributed by atoms with Crippen LogP contribution in [-0.4, -0.2) is 19.1 Å². The molecule has 2 nitrogen and oxygen atoms in total. The molecule has 1 aromatic carbocycles. The molecule has 0 aromatic heterocycles. The zero-order valence-electron chi connectivity index (χ0n) is 13.1. The average Bonchev–Trinajstić information content (AvgIpc) is 2.92. The van der Waals surface area contributed by atoms with E-state index in [1.807, 2.05) is 6.07 Å². The highest BCUT2D eigenvalue weighted by atomic mass is 19.1. The van der Waals surface area contributed by atoms with Crippen LogP contribution >= 0.6 is 0 Å². The summed E-state index contributed by atoms with van der Waals surface area (Å²) >= 11 is 0. The first-order chi connectivity index (χ1) is 10.3. The van der Waals surface area contributed by atoms with Crippen LogP contribution in [-0.2, 0) is 6.54 Å². The summed E-state index contributed by atoms with van der Waals surface area (Å²) in [5.41, 5.74) is 1.99. The number of anilines is 1. The predicted molar refractivity (Wildman–Crippen MR) is 86.1 cm³/mol. The standard InChI is InChI=1S/C18H27FN2/c1-2-11-20-13-15-7-5-8-16(19)18(15)21-12-10-14-6-3-4-9-17(14)21/h5,7-8,14,17,20H,2-4,6,9-13H2,1H3. The SMILES string of the molecule is CCCNCc1cccc(F)c1N1CCC2CCCCC21. The van der Waals surface area contributed by atoms with Gasteiger partial charge in [-0.3, -0.25) is 0 Å². The molecule has 2 aliphatic rings. The number of fused-ring (bicyclic) bond motifs is 1. The van der Waals surface area contributed by atoms with E-state index < -0.39 is 0 Å². The van der Waals surface area contributed by atoms with Gasteiger partial charge in [0.2, 0.25) is 0 Å². The topological polar surface area (TPSA) is 15.3 Å². The van der Waals surface area contributed by atoms with E-state index in [-0.39, 0.29) is 5.82 Å². The van der Waals surface area contributed by atoms with Crippen molar-refractivity contribution >= 4 is 5.69 Å². The Labute approximate surface area is 127 Å². The highest BCUT2D eigenvalue weighted by Gasteiger charge is 2.37. The third kappa shape index (κ3) is 3.08. The van der Waals surface area contributed by atoms with Crippen molar-refractivity contribution in [1.29, 1.82) is 0 Å². The summed E-state index contributed by atoms with van der Waals surface area (Å²) in [7, 11) is 0. The maximum absolute atomic E-state index is 14.5. The Kier molecular flexibility index (Phi) is 4.79. The molecule has 3 rings (SSSR count). The molecule has 1 saturated carbocycles. The summed E-state index contributed by atoms with van der Waals surface area (Å²) in [5, 5.41) is 3.42. The summed E-state index contributed by atoms with van der Waals surface area (Å²) in [5.74, 6) is 0.742. The van der Waals surface area contributed by atoms with E-state index in [9.17, 15) is 4.39 Å². The molecule has 0 radical (unpaired) electrons. The van der Waals surface area contributed by atoms with E-state index in [0.717, 1.165) is 43.2 Å². The van der Waals surface area contributed by atoms with Gasteiger partial charge in [-0.25, -0.2) is 4.39 Å². The van der Waals surface area contributed by atoms with Gasteiger partial charge < -0.3 is 10.2 Å². The van der Waals surface area contributed by atoms with E-state index in [0.29, 0.717) is 6.04 Å². The monoisotopic (exact) mass is 290 g/mol.